The summed E-state index contributed by atoms with van der Waals surface area (Å²) in [5, 5.41) is 8.39. The molecule has 0 aliphatic heterocycles. The van der Waals surface area contributed by atoms with E-state index < -0.39 is 17.8 Å². The predicted molar refractivity (Wildman–Crippen MR) is 123 cm³/mol. The molecule has 0 saturated heterocycles. The van der Waals surface area contributed by atoms with Crippen LogP contribution >= 0.6 is 15.9 Å². The van der Waals surface area contributed by atoms with Crippen LogP contribution in [0, 0.1) is 0 Å². The Labute approximate surface area is 194 Å². The molecule has 5 rings (SSSR count). The minimum atomic E-state index is -4.69. The Kier molecular flexibility index (Phi) is 5.13. The molecule has 0 radical (unpaired) electrons. The zero-order valence-corrected chi connectivity index (χ0v) is 18.4. The molecule has 0 atom stereocenters. The van der Waals surface area contributed by atoms with E-state index in [2.05, 4.69) is 31.3 Å². The van der Waals surface area contributed by atoms with Crippen LogP contribution < -0.4 is 5.32 Å². The Morgan fingerprint density at radius 2 is 1.67 bits per heavy atom. The molecule has 0 fully saturated rings. The van der Waals surface area contributed by atoms with Crippen molar-refractivity contribution in [3.8, 4) is 11.3 Å². The molecule has 5 nitrogen and oxygen atoms in total. The third kappa shape index (κ3) is 4.07. The fraction of sp³-hybridized carbons (Fsp3) is 0.0417. The number of benzene rings is 3. The van der Waals surface area contributed by atoms with E-state index in [-0.39, 0.29) is 17.0 Å². The highest BCUT2D eigenvalue weighted by atomic mass is 79.9. The van der Waals surface area contributed by atoms with E-state index in [4.69, 9.17) is 0 Å². The maximum atomic E-state index is 13.8. The van der Waals surface area contributed by atoms with Gasteiger partial charge in [0.2, 0.25) is 0 Å². The van der Waals surface area contributed by atoms with Crippen LogP contribution in [0.4, 0.5) is 18.9 Å². The van der Waals surface area contributed by atoms with Gasteiger partial charge in [0, 0.05) is 27.2 Å². The monoisotopic (exact) mass is 510 g/mol. The summed E-state index contributed by atoms with van der Waals surface area (Å²) >= 11 is 3.31. The van der Waals surface area contributed by atoms with Crippen LogP contribution in [-0.4, -0.2) is 20.5 Å². The molecule has 164 valence electrons. The van der Waals surface area contributed by atoms with Crippen molar-refractivity contribution >= 4 is 43.9 Å². The van der Waals surface area contributed by atoms with Crippen molar-refractivity contribution < 1.29 is 18.0 Å². The minimum absolute atomic E-state index is 0.0780. The van der Waals surface area contributed by atoms with Gasteiger partial charge in [0.1, 0.15) is 0 Å². The number of nitrogens with one attached hydrogen (secondary N) is 1. The van der Waals surface area contributed by atoms with Gasteiger partial charge in [-0.05, 0) is 29.7 Å². The molecule has 0 bridgehead atoms. The quantitative estimate of drug-likeness (QED) is 0.298. The molecule has 1 N–H and O–H groups in total. The fourth-order valence-corrected chi connectivity index (χ4v) is 3.84. The van der Waals surface area contributed by atoms with Crippen LogP contribution in [0.25, 0.3) is 27.7 Å². The van der Waals surface area contributed by atoms with Gasteiger partial charge in [-0.3, -0.25) is 4.79 Å². The molecule has 33 heavy (non-hydrogen) atoms. The van der Waals surface area contributed by atoms with Gasteiger partial charge in [-0.25, -0.2) is 9.50 Å². The third-order valence-electron chi connectivity index (χ3n) is 5.13. The van der Waals surface area contributed by atoms with E-state index in [1.54, 1.807) is 36.4 Å². The normalized spacial score (nSPS) is 11.8. The fourth-order valence-electron chi connectivity index (χ4n) is 3.58. The molecule has 2 aromatic heterocycles. The molecule has 0 aliphatic carbocycles. The number of anilines is 1. The van der Waals surface area contributed by atoms with Crippen LogP contribution in [0.5, 0.6) is 0 Å². The number of carbonyl (C=O) groups excluding carboxylic acids is 1. The van der Waals surface area contributed by atoms with Gasteiger partial charge in [0.15, 0.2) is 17.0 Å². The molecule has 0 saturated carbocycles. The molecule has 5 aromatic rings. The molecule has 0 unspecified atom stereocenters. The second-order valence-electron chi connectivity index (χ2n) is 7.31. The van der Waals surface area contributed by atoms with Crippen LogP contribution in [0.1, 0.15) is 16.2 Å². The third-order valence-corrected chi connectivity index (χ3v) is 5.66. The Morgan fingerprint density at radius 3 is 2.42 bits per heavy atom. The maximum Gasteiger partial charge on any atom is 0.433 e. The predicted octanol–water partition coefficient (Wildman–Crippen LogP) is 6.58. The van der Waals surface area contributed by atoms with E-state index in [1.165, 1.54) is 6.07 Å². The number of fused-ring (bicyclic) bond motifs is 2. The molecule has 3 aromatic carbocycles. The highest BCUT2D eigenvalue weighted by Gasteiger charge is 2.35. The van der Waals surface area contributed by atoms with E-state index in [0.29, 0.717) is 15.8 Å². The summed E-state index contributed by atoms with van der Waals surface area (Å²) in [6.07, 6.45) is -4.69. The Bertz CT molecular complexity index is 1510. The van der Waals surface area contributed by atoms with Gasteiger partial charge in [0.25, 0.3) is 5.91 Å². The number of hydrogen-bond acceptors (Lipinski definition) is 3. The summed E-state index contributed by atoms with van der Waals surface area (Å²) in [5.41, 5.74) is -0.0959. The number of halogens is 4. The lowest BCUT2D eigenvalue weighted by Gasteiger charge is -2.11. The van der Waals surface area contributed by atoms with Crippen molar-refractivity contribution in [1.82, 2.24) is 14.6 Å². The van der Waals surface area contributed by atoms with Crippen molar-refractivity contribution in [2.75, 3.05) is 5.32 Å². The molecular formula is C24H14BrF3N4O. The Hall–Kier alpha value is -3.72. The summed E-state index contributed by atoms with van der Waals surface area (Å²) < 4.78 is 42.9. The van der Waals surface area contributed by atoms with Crippen LogP contribution in [0.15, 0.2) is 83.3 Å². The average molecular weight is 511 g/mol. The van der Waals surface area contributed by atoms with Gasteiger partial charge in [-0.1, -0.05) is 64.5 Å². The summed E-state index contributed by atoms with van der Waals surface area (Å²) in [6.45, 7) is 0. The number of rotatable bonds is 3. The van der Waals surface area contributed by atoms with Crippen LogP contribution in [0.3, 0.4) is 0 Å². The second-order valence-corrected chi connectivity index (χ2v) is 8.23. The van der Waals surface area contributed by atoms with Crippen molar-refractivity contribution in [1.29, 1.82) is 0 Å². The number of carbonyl (C=O) groups is 1. The molecule has 1 amide bonds. The number of hydrogen-bond donors (Lipinski definition) is 1. The molecule has 2 heterocycles. The topological polar surface area (TPSA) is 59.3 Å². The smallest absolute Gasteiger partial charge is 0.320 e. The molecule has 9 heteroatoms. The molecule has 0 spiro atoms. The number of alkyl halides is 3. The highest BCUT2D eigenvalue weighted by Crippen LogP contribution is 2.33. The summed E-state index contributed by atoms with van der Waals surface area (Å²) in [5.74, 6) is -0.629. The standard InChI is InChI=1S/C24H14BrF3N4O/c25-16-10-8-15(9-11-16)19-12-21(24(26,27)28)32-22(29-19)13-20(31-32)23(33)30-18-7-3-5-14-4-1-2-6-17(14)18/h1-13H,(H,30,33). The second kappa shape index (κ2) is 8.00. The Morgan fingerprint density at radius 1 is 0.939 bits per heavy atom. The average Bonchev–Trinajstić information content (AvgIpc) is 3.23. The molecular weight excluding hydrogens is 497 g/mol. The van der Waals surface area contributed by atoms with Crippen LogP contribution in [0.2, 0.25) is 0 Å². The summed E-state index contributed by atoms with van der Waals surface area (Å²) in [6, 6.07) is 21.8. The van der Waals surface area contributed by atoms with E-state index in [1.807, 2.05) is 30.3 Å². The van der Waals surface area contributed by atoms with E-state index in [9.17, 15) is 18.0 Å². The first-order valence-electron chi connectivity index (χ1n) is 9.83. The number of aromatic nitrogens is 3. The summed E-state index contributed by atoms with van der Waals surface area (Å²) in [7, 11) is 0. The lowest BCUT2D eigenvalue weighted by Crippen LogP contribution is -2.16. The van der Waals surface area contributed by atoms with Crippen molar-refractivity contribution in [3.05, 3.63) is 94.7 Å². The van der Waals surface area contributed by atoms with E-state index in [0.717, 1.165) is 21.3 Å². The largest absolute Gasteiger partial charge is 0.433 e. The Balaban J connectivity index is 1.58. The van der Waals surface area contributed by atoms with Crippen molar-refractivity contribution in [2.24, 2.45) is 0 Å². The lowest BCUT2D eigenvalue weighted by atomic mass is 10.1. The minimum Gasteiger partial charge on any atom is -0.320 e. The first-order chi connectivity index (χ1) is 15.8. The lowest BCUT2D eigenvalue weighted by molar-refractivity contribution is -0.142. The maximum absolute atomic E-state index is 13.8. The van der Waals surface area contributed by atoms with E-state index >= 15 is 0 Å². The van der Waals surface area contributed by atoms with Gasteiger partial charge < -0.3 is 5.32 Å². The summed E-state index contributed by atoms with van der Waals surface area (Å²) in [4.78, 5) is 17.2. The number of amides is 1. The first-order valence-corrected chi connectivity index (χ1v) is 10.6. The first kappa shape index (κ1) is 21.1. The van der Waals surface area contributed by atoms with Crippen molar-refractivity contribution in [3.63, 3.8) is 0 Å². The highest BCUT2D eigenvalue weighted by molar-refractivity contribution is 9.10. The zero-order chi connectivity index (χ0) is 23.2. The van der Waals surface area contributed by atoms with Crippen LogP contribution in [-0.2, 0) is 6.18 Å². The number of nitrogens with zero attached hydrogens (tertiary/aromatic N) is 3. The zero-order valence-electron chi connectivity index (χ0n) is 16.8. The van der Waals surface area contributed by atoms with Gasteiger partial charge in [0.05, 0.1) is 5.69 Å². The van der Waals surface area contributed by atoms with Crippen molar-refractivity contribution in [2.45, 2.75) is 6.18 Å². The van der Waals surface area contributed by atoms with Gasteiger partial charge in [-0.15, -0.1) is 0 Å². The van der Waals surface area contributed by atoms with Gasteiger partial charge >= 0.3 is 6.18 Å². The molecule has 0 aliphatic rings. The SMILES string of the molecule is O=C(Nc1cccc2ccccc12)c1cc2nc(-c3ccc(Br)cc3)cc(C(F)(F)F)n2n1. The van der Waals surface area contributed by atoms with Gasteiger partial charge in [-0.2, -0.15) is 18.3 Å².